The van der Waals surface area contributed by atoms with E-state index in [9.17, 15) is 30.1 Å². The summed E-state index contributed by atoms with van der Waals surface area (Å²) in [6.07, 6.45) is 0. The summed E-state index contributed by atoms with van der Waals surface area (Å²) in [6, 6.07) is 13.5. The molecule has 0 saturated carbocycles. The van der Waals surface area contributed by atoms with Gasteiger partial charge < -0.3 is 15.4 Å². The Balaban J connectivity index is 0.000000196. The highest BCUT2D eigenvalue weighted by Gasteiger charge is 2.24. The van der Waals surface area contributed by atoms with Crippen LogP contribution in [-0.2, 0) is 0 Å². The number of aromatic hydroxyl groups is 1. The van der Waals surface area contributed by atoms with E-state index in [1.807, 2.05) is 26.0 Å². The summed E-state index contributed by atoms with van der Waals surface area (Å²) in [7, 11) is 0. The van der Waals surface area contributed by atoms with Gasteiger partial charge in [0.05, 0.1) is 20.9 Å². The summed E-state index contributed by atoms with van der Waals surface area (Å²) < 4.78 is 0. The number of hydrogen-bond acceptors (Lipinski definition) is 8. The Hall–Kier alpha value is -4.25. The van der Waals surface area contributed by atoms with Crippen LogP contribution >= 0.6 is 11.6 Å². The number of halogens is 1. The van der Waals surface area contributed by atoms with Crippen molar-refractivity contribution in [2.24, 2.45) is 5.92 Å². The van der Waals surface area contributed by atoms with Gasteiger partial charge in [0.25, 0.3) is 0 Å². The molecule has 0 bridgehead atoms. The van der Waals surface area contributed by atoms with Crippen molar-refractivity contribution in [2.45, 2.75) is 13.8 Å². The molecule has 0 saturated heterocycles. The lowest BCUT2D eigenvalue weighted by Crippen LogP contribution is -2.11. The molecule has 0 radical (unpaired) electrons. The number of rotatable bonds is 5. The van der Waals surface area contributed by atoms with Crippen LogP contribution in [0.25, 0.3) is 21.8 Å². The number of para-hydroxylation sites is 2. The number of pyridine rings is 2. The summed E-state index contributed by atoms with van der Waals surface area (Å²) in [5.74, 6) is -0.232. The molecule has 176 valence electrons. The molecule has 34 heavy (non-hydrogen) atoms. The average molecular weight is 486 g/mol. The van der Waals surface area contributed by atoms with E-state index in [2.05, 4.69) is 15.3 Å². The van der Waals surface area contributed by atoms with Gasteiger partial charge >= 0.3 is 16.9 Å². The quantitative estimate of drug-likeness (QED) is 0.201. The van der Waals surface area contributed by atoms with Crippen LogP contribution < -0.4 is 10.9 Å². The molecule has 0 aliphatic rings. The molecule has 0 amide bonds. The van der Waals surface area contributed by atoms with Crippen LogP contribution in [0, 0.1) is 26.1 Å². The summed E-state index contributed by atoms with van der Waals surface area (Å²) in [4.78, 5) is 37.9. The van der Waals surface area contributed by atoms with E-state index in [1.54, 1.807) is 30.3 Å². The number of anilines is 1. The number of H-pyrrole nitrogens is 1. The maximum Gasteiger partial charge on any atom is 0.375 e. The molecular formula is C22H20ClN5O6. The van der Waals surface area contributed by atoms with Gasteiger partial charge in [-0.15, -0.1) is 0 Å². The zero-order valence-electron chi connectivity index (χ0n) is 18.1. The first-order valence-corrected chi connectivity index (χ1v) is 10.4. The lowest BCUT2D eigenvalue weighted by Gasteiger charge is -2.12. The molecule has 0 fully saturated rings. The van der Waals surface area contributed by atoms with E-state index >= 15 is 0 Å². The highest BCUT2D eigenvalue weighted by atomic mass is 35.5. The normalized spacial score (nSPS) is 10.7. The second-order valence-electron chi connectivity index (χ2n) is 7.63. The minimum absolute atomic E-state index is 0.0880. The maximum absolute atomic E-state index is 11.2. The van der Waals surface area contributed by atoms with E-state index in [0.717, 1.165) is 0 Å². The minimum Gasteiger partial charge on any atom is -0.501 e. The summed E-state index contributed by atoms with van der Waals surface area (Å²) in [5, 5.41) is 35.2. The third-order valence-electron chi connectivity index (χ3n) is 4.75. The van der Waals surface area contributed by atoms with Crippen LogP contribution in [0.3, 0.4) is 0 Å². The first-order chi connectivity index (χ1) is 16.1. The first kappa shape index (κ1) is 24.4. The van der Waals surface area contributed by atoms with Crippen molar-refractivity contribution >= 4 is 50.5 Å². The van der Waals surface area contributed by atoms with Crippen molar-refractivity contribution in [3.8, 4) is 5.75 Å². The van der Waals surface area contributed by atoms with Gasteiger partial charge in [-0.1, -0.05) is 55.8 Å². The van der Waals surface area contributed by atoms with Gasteiger partial charge in [0.1, 0.15) is 5.69 Å². The third-order valence-corrected chi connectivity index (χ3v) is 5.01. The third kappa shape index (κ3) is 5.04. The fraction of sp³-hybridized carbons (Fsp3) is 0.182. The Labute approximate surface area is 197 Å². The molecular weight excluding hydrogens is 466 g/mol. The lowest BCUT2D eigenvalue weighted by atomic mass is 10.1. The molecule has 4 aromatic rings. The number of hydrogen-bond donors (Lipinski definition) is 3. The number of nitro groups is 2. The molecule has 0 unspecified atom stereocenters. The van der Waals surface area contributed by atoms with Crippen molar-refractivity contribution in [2.75, 3.05) is 11.9 Å². The molecule has 0 aliphatic heterocycles. The molecule has 2 aromatic heterocycles. The van der Waals surface area contributed by atoms with Gasteiger partial charge in [0.2, 0.25) is 10.9 Å². The van der Waals surface area contributed by atoms with Crippen LogP contribution in [0.5, 0.6) is 5.75 Å². The molecule has 12 heteroatoms. The fourth-order valence-corrected chi connectivity index (χ4v) is 3.46. The van der Waals surface area contributed by atoms with Crippen LogP contribution in [0.4, 0.5) is 17.1 Å². The smallest absolute Gasteiger partial charge is 0.375 e. The van der Waals surface area contributed by atoms with E-state index in [4.69, 9.17) is 11.6 Å². The number of nitrogens with zero attached hydrogens (tertiary/aromatic N) is 3. The van der Waals surface area contributed by atoms with Crippen molar-refractivity contribution in [1.82, 2.24) is 9.97 Å². The Kier molecular flexibility index (Phi) is 7.27. The van der Waals surface area contributed by atoms with E-state index < -0.39 is 26.8 Å². The second kappa shape index (κ2) is 10.1. The molecule has 2 aromatic carbocycles. The molecule has 0 aliphatic carbocycles. The zero-order valence-corrected chi connectivity index (χ0v) is 18.9. The van der Waals surface area contributed by atoms with Crippen LogP contribution in [0.1, 0.15) is 13.8 Å². The minimum atomic E-state index is -0.906. The van der Waals surface area contributed by atoms with Crippen LogP contribution in [0.2, 0.25) is 5.15 Å². The van der Waals surface area contributed by atoms with Crippen molar-refractivity contribution in [3.05, 3.63) is 84.3 Å². The van der Waals surface area contributed by atoms with Gasteiger partial charge in [-0.3, -0.25) is 25.0 Å². The number of aromatic nitrogens is 2. The van der Waals surface area contributed by atoms with Gasteiger partial charge in [0.15, 0.2) is 0 Å². The summed E-state index contributed by atoms with van der Waals surface area (Å²) in [6.45, 7) is 4.69. The topological polar surface area (TPSA) is 164 Å². The van der Waals surface area contributed by atoms with Crippen molar-refractivity contribution in [1.29, 1.82) is 0 Å². The van der Waals surface area contributed by atoms with Crippen LogP contribution in [0.15, 0.2) is 53.3 Å². The number of benzene rings is 2. The molecule has 2 heterocycles. The van der Waals surface area contributed by atoms with E-state index in [0.29, 0.717) is 34.6 Å². The predicted octanol–water partition coefficient (Wildman–Crippen LogP) is 5.01. The molecule has 0 spiro atoms. The first-order valence-electron chi connectivity index (χ1n) is 10.1. The van der Waals surface area contributed by atoms with E-state index in [1.165, 1.54) is 6.07 Å². The number of aromatic amines is 1. The van der Waals surface area contributed by atoms with Gasteiger partial charge in [-0.05, 0) is 24.1 Å². The maximum atomic E-state index is 11.2. The van der Waals surface area contributed by atoms with Gasteiger partial charge in [-0.25, -0.2) is 4.98 Å². The van der Waals surface area contributed by atoms with E-state index in [-0.39, 0.29) is 16.2 Å². The van der Waals surface area contributed by atoms with Gasteiger partial charge in [0, 0.05) is 17.3 Å². The average Bonchev–Trinajstić information content (AvgIpc) is 2.77. The molecule has 4 rings (SSSR count). The summed E-state index contributed by atoms with van der Waals surface area (Å²) in [5.41, 5.74) is -0.449. The molecule has 3 N–H and O–H groups in total. The zero-order chi connectivity index (χ0) is 25.0. The van der Waals surface area contributed by atoms with Gasteiger partial charge in [-0.2, -0.15) is 0 Å². The fourth-order valence-electron chi connectivity index (χ4n) is 3.21. The second-order valence-corrected chi connectivity index (χ2v) is 7.99. The SMILES string of the molecule is CC(C)CNc1c([N+](=O)[O-])c(Cl)nc2ccccc12.O=c1[nH]c2ccccc2c(O)c1[N+](=O)[O-]. The molecule has 11 nitrogen and oxygen atoms in total. The Morgan fingerprint density at radius 2 is 1.62 bits per heavy atom. The number of nitrogens with one attached hydrogen (secondary N) is 2. The van der Waals surface area contributed by atoms with Crippen molar-refractivity contribution < 1.29 is 15.0 Å². The van der Waals surface area contributed by atoms with Crippen molar-refractivity contribution in [3.63, 3.8) is 0 Å². The Morgan fingerprint density at radius 1 is 1.03 bits per heavy atom. The van der Waals surface area contributed by atoms with Crippen LogP contribution in [-0.4, -0.2) is 31.5 Å². The monoisotopic (exact) mass is 485 g/mol. The Morgan fingerprint density at radius 3 is 2.24 bits per heavy atom. The highest BCUT2D eigenvalue weighted by Crippen LogP contribution is 2.37. The Bertz CT molecular complexity index is 1450. The predicted molar refractivity (Wildman–Crippen MR) is 130 cm³/mol. The largest absolute Gasteiger partial charge is 0.501 e. The summed E-state index contributed by atoms with van der Waals surface area (Å²) >= 11 is 5.93. The lowest BCUT2D eigenvalue weighted by molar-refractivity contribution is -0.387. The number of fused-ring (bicyclic) bond motifs is 2. The highest BCUT2D eigenvalue weighted by molar-refractivity contribution is 6.33. The standard InChI is InChI=1S/C13H14ClN3O2.C9H6N2O4/c1-8(2)7-15-11-9-5-3-4-6-10(9)16-13(14)12(11)17(18)19;12-8-5-3-1-2-4-6(5)10-9(13)7(8)11(14)15/h3-6,8H,7H2,1-2H3,(H,15,16);1-4H,(H2,10,12,13). The molecule has 0 atom stereocenters.